The van der Waals surface area contributed by atoms with Gasteiger partial charge in [-0.1, -0.05) is 0 Å². The van der Waals surface area contributed by atoms with Crippen LogP contribution < -0.4 is 9.47 Å². The zero-order valence-electron chi connectivity index (χ0n) is 10.6. The summed E-state index contributed by atoms with van der Waals surface area (Å²) in [5.74, 6) is 1.44. The molecular weight excluding hydrogens is 228 g/mol. The number of hydrogen-bond acceptors (Lipinski definition) is 3. The predicted octanol–water partition coefficient (Wildman–Crippen LogP) is 2.88. The average molecular weight is 242 g/mol. The number of nitriles is 1. The molecule has 4 heteroatoms. The van der Waals surface area contributed by atoms with E-state index in [1.165, 1.54) is 0 Å². The molecule has 1 aromatic carbocycles. The van der Waals surface area contributed by atoms with E-state index in [0.29, 0.717) is 11.3 Å². The number of nitrogens with zero attached hydrogens (tertiary/aromatic N) is 1. The van der Waals surface area contributed by atoms with Crippen LogP contribution in [0.4, 0.5) is 0 Å². The third-order valence-corrected chi connectivity index (χ3v) is 2.83. The molecule has 1 heterocycles. The molecule has 0 amide bonds. The molecule has 0 saturated carbocycles. The molecule has 0 spiro atoms. The van der Waals surface area contributed by atoms with E-state index in [4.69, 9.17) is 14.7 Å². The molecule has 0 aliphatic carbocycles. The van der Waals surface area contributed by atoms with Crippen molar-refractivity contribution in [1.82, 2.24) is 4.98 Å². The van der Waals surface area contributed by atoms with Gasteiger partial charge in [-0.25, -0.2) is 0 Å². The molecule has 0 fully saturated rings. The van der Waals surface area contributed by atoms with Crippen LogP contribution in [-0.4, -0.2) is 19.2 Å². The fraction of sp³-hybridized carbons (Fsp3) is 0.214. The summed E-state index contributed by atoms with van der Waals surface area (Å²) in [5.41, 5.74) is 3.26. The number of aromatic amines is 1. The average Bonchev–Trinajstić information content (AvgIpc) is 2.79. The maximum Gasteiger partial charge on any atom is 0.131 e. The van der Waals surface area contributed by atoms with E-state index in [0.717, 1.165) is 22.7 Å². The van der Waals surface area contributed by atoms with Crippen molar-refractivity contribution in [3.63, 3.8) is 0 Å². The van der Waals surface area contributed by atoms with E-state index in [1.807, 2.05) is 31.2 Å². The number of hydrogen-bond donors (Lipinski definition) is 1. The normalized spacial score (nSPS) is 9.89. The van der Waals surface area contributed by atoms with Crippen LogP contribution in [0.5, 0.6) is 11.5 Å². The van der Waals surface area contributed by atoms with Crippen LogP contribution in [0.2, 0.25) is 0 Å². The van der Waals surface area contributed by atoms with Crippen LogP contribution in [0.3, 0.4) is 0 Å². The van der Waals surface area contributed by atoms with Gasteiger partial charge < -0.3 is 14.5 Å². The van der Waals surface area contributed by atoms with Gasteiger partial charge >= 0.3 is 0 Å². The van der Waals surface area contributed by atoms with Crippen LogP contribution in [0.25, 0.3) is 11.3 Å². The lowest BCUT2D eigenvalue weighted by molar-refractivity contribution is 0.395. The Bertz CT molecular complexity index is 609. The summed E-state index contributed by atoms with van der Waals surface area (Å²) in [6.07, 6.45) is 0. The maximum atomic E-state index is 8.97. The Labute approximate surface area is 106 Å². The quantitative estimate of drug-likeness (QED) is 0.900. The number of aromatic nitrogens is 1. The first-order chi connectivity index (χ1) is 8.69. The van der Waals surface area contributed by atoms with Crippen molar-refractivity contribution in [2.45, 2.75) is 6.92 Å². The molecule has 2 aromatic rings. The van der Waals surface area contributed by atoms with Crippen LogP contribution in [0, 0.1) is 18.3 Å². The lowest BCUT2D eigenvalue weighted by Gasteiger charge is -2.09. The van der Waals surface area contributed by atoms with Gasteiger partial charge in [0.2, 0.25) is 0 Å². The molecule has 0 aliphatic rings. The van der Waals surface area contributed by atoms with Gasteiger partial charge in [0, 0.05) is 17.3 Å². The Morgan fingerprint density at radius 3 is 2.50 bits per heavy atom. The third kappa shape index (κ3) is 2.03. The van der Waals surface area contributed by atoms with Gasteiger partial charge in [-0.05, 0) is 25.1 Å². The topological polar surface area (TPSA) is 58.0 Å². The zero-order valence-corrected chi connectivity index (χ0v) is 10.6. The minimum absolute atomic E-state index is 0.642. The number of H-pyrrole nitrogens is 1. The van der Waals surface area contributed by atoms with Crippen LogP contribution in [0.15, 0.2) is 24.3 Å². The van der Waals surface area contributed by atoms with Crippen molar-refractivity contribution >= 4 is 0 Å². The lowest BCUT2D eigenvalue weighted by atomic mass is 10.1. The summed E-state index contributed by atoms with van der Waals surface area (Å²) in [7, 11) is 3.22. The number of ether oxygens (including phenoxy) is 2. The van der Waals surface area contributed by atoms with Crippen molar-refractivity contribution in [1.29, 1.82) is 5.26 Å². The predicted molar refractivity (Wildman–Crippen MR) is 68.8 cm³/mol. The second-order valence-electron chi connectivity index (χ2n) is 3.90. The van der Waals surface area contributed by atoms with Gasteiger partial charge in [0.1, 0.15) is 17.6 Å². The molecule has 0 atom stereocenters. The Hall–Kier alpha value is -2.41. The van der Waals surface area contributed by atoms with E-state index < -0.39 is 0 Å². The molecule has 2 rings (SSSR count). The molecule has 1 aromatic heterocycles. The van der Waals surface area contributed by atoms with Crippen LogP contribution in [-0.2, 0) is 0 Å². The molecule has 0 saturated heterocycles. The monoisotopic (exact) mass is 242 g/mol. The Balaban J connectivity index is 2.53. The van der Waals surface area contributed by atoms with Crippen molar-refractivity contribution in [2.24, 2.45) is 0 Å². The molecule has 18 heavy (non-hydrogen) atoms. The number of rotatable bonds is 3. The third-order valence-electron chi connectivity index (χ3n) is 2.83. The van der Waals surface area contributed by atoms with Crippen molar-refractivity contribution in [3.8, 4) is 28.8 Å². The molecule has 0 unspecified atom stereocenters. The summed E-state index contributed by atoms with van der Waals surface area (Å²) in [6.45, 7) is 1.87. The first-order valence-corrected chi connectivity index (χ1v) is 5.51. The van der Waals surface area contributed by atoms with E-state index in [1.54, 1.807) is 14.2 Å². The first-order valence-electron chi connectivity index (χ1n) is 5.51. The van der Waals surface area contributed by atoms with Gasteiger partial charge in [-0.3, -0.25) is 0 Å². The number of methoxy groups -OCH3 is 2. The number of nitrogens with one attached hydrogen (secondary N) is 1. The molecular formula is C14H14N2O2. The Morgan fingerprint density at radius 2 is 1.94 bits per heavy atom. The van der Waals surface area contributed by atoms with Crippen LogP contribution >= 0.6 is 0 Å². The summed E-state index contributed by atoms with van der Waals surface area (Å²) >= 11 is 0. The van der Waals surface area contributed by atoms with E-state index >= 15 is 0 Å². The van der Waals surface area contributed by atoms with Gasteiger partial charge in [0.25, 0.3) is 0 Å². The molecule has 1 N–H and O–H groups in total. The highest BCUT2D eigenvalue weighted by Gasteiger charge is 2.11. The lowest BCUT2D eigenvalue weighted by Crippen LogP contribution is -1.90. The highest BCUT2D eigenvalue weighted by molar-refractivity contribution is 5.70. The smallest absolute Gasteiger partial charge is 0.131 e. The zero-order chi connectivity index (χ0) is 13.1. The molecule has 0 bridgehead atoms. The van der Waals surface area contributed by atoms with Gasteiger partial charge in [0.15, 0.2) is 0 Å². The minimum atomic E-state index is 0.642. The summed E-state index contributed by atoms with van der Waals surface area (Å²) in [5, 5.41) is 8.97. The second kappa shape index (κ2) is 4.84. The Kier molecular flexibility index (Phi) is 3.24. The SMILES string of the molecule is COc1ccc(-c2cc(C#N)c(C)[nH]2)c(OC)c1. The fourth-order valence-electron chi connectivity index (χ4n) is 1.84. The summed E-state index contributed by atoms with van der Waals surface area (Å²) in [4.78, 5) is 3.18. The minimum Gasteiger partial charge on any atom is -0.497 e. The highest BCUT2D eigenvalue weighted by atomic mass is 16.5. The fourth-order valence-corrected chi connectivity index (χ4v) is 1.84. The summed E-state index contributed by atoms with van der Waals surface area (Å²) < 4.78 is 10.5. The van der Waals surface area contributed by atoms with Gasteiger partial charge in [0.05, 0.1) is 25.5 Å². The van der Waals surface area contributed by atoms with Crippen LogP contribution in [0.1, 0.15) is 11.3 Å². The van der Waals surface area contributed by atoms with E-state index in [-0.39, 0.29) is 0 Å². The molecule has 0 aliphatic heterocycles. The Morgan fingerprint density at radius 1 is 1.17 bits per heavy atom. The standard InChI is InChI=1S/C14H14N2O2/c1-9-10(8-15)6-13(16-9)12-5-4-11(17-2)7-14(12)18-3/h4-7,16H,1-3H3. The molecule has 92 valence electrons. The second-order valence-corrected chi connectivity index (χ2v) is 3.90. The number of benzene rings is 1. The number of aryl methyl sites for hydroxylation is 1. The largest absolute Gasteiger partial charge is 0.497 e. The van der Waals surface area contributed by atoms with Crippen molar-refractivity contribution < 1.29 is 9.47 Å². The van der Waals surface area contributed by atoms with Crippen molar-refractivity contribution in [3.05, 3.63) is 35.5 Å². The highest BCUT2D eigenvalue weighted by Crippen LogP contribution is 2.33. The van der Waals surface area contributed by atoms with Crippen molar-refractivity contribution in [2.75, 3.05) is 14.2 Å². The first kappa shape index (κ1) is 12.1. The van der Waals surface area contributed by atoms with Gasteiger partial charge in [-0.15, -0.1) is 0 Å². The van der Waals surface area contributed by atoms with E-state index in [2.05, 4.69) is 11.1 Å². The molecule has 0 radical (unpaired) electrons. The maximum absolute atomic E-state index is 8.97. The van der Waals surface area contributed by atoms with Gasteiger partial charge in [-0.2, -0.15) is 5.26 Å². The van der Waals surface area contributed by atoms with E-state index in [9.17, 15) is 0 Å². The summed E-state index contributed by atoms with van der Waals surface area (Å²) in [6, 6.07) is 9.55. The molecule has 4 nitrogen and oxygen atoms in total.